The van der Waals surface area contributed by atoms with Crippen molar-refractivity contribution >= 4 is 15.9 Å². The second-order valence-electron chi connectivity index (χ2n) is 1.67. The van der Waals surface area contributed by atoms with Crippen LogP contribution >= 0.6 is 15.9 Å². The van der Waals surface area contributed by atoms with E-state index in [1.54, 1.807) is 0 Å². The van der Waals surface area contributed by atoms with Crippen LogP contribution in [0.25, 0.3) is 0 Å². The van der Waals surface area contributed by atoms with E-state index in [4.69, 9.17) is 6.42 Å². The van der Waals surface area contributed by atoms with Crippen molar-refractivity contribution in [1.82, 2.24) is 0 Å². The second-order valence-corrected chi connectivity index (χ2v) is 2.65. The molecule has 0 nitrogen and oxygen atoms in total. The fourth-order valence-corrected chi connectivity index (χ4v) is 1.02. The monoisotopic (exact) mass is 180 g/mol. The normalized spacial score (nSPS) is 23.1. The largest absolute Gasteiger partial charge is 0.124 e. The summed E-state index contributed by atoms with van der Waals surface area (Å²) in [6.45, 7) is 0. The molecule has 9 heavy (non-hydrogen) atoms. The number of alkyl halides is 1. The van der Waals surface area contributed by atoms with Crippen LogP contribution in [0.2, 0.25) is 0 Å². The maximum absolute atomic E-state index is 5.18. The van der Waals surface area contributed by atoms with Crippen LogP contribution in [0, 0.1) is 12.3 Å². The average Bonchev–Trinajstić information content (AvgIpc) is 1.89. The highest BCUT2D eigenvalue weighted by Crippen LogP contribution is 2.14. The van der Waals surface area contributed by atoms with Gasteiger partial charge in [0.05, 0.1) is 4.83 Å². The van der Waals surface area contributed by atoms with E-state index in [0.717, 1.165) is 5.57 Å². The Kier molecular flexibility index (Phi) is 1.95. The molecule has 44 valence electrons. The molecule has 0 saturated heterocycles. The fraction of sp³-hybridized carbons (Fsp3) is 0.125. The van der Waals surface area contributed by atoms with E-state index in [2.05, 4.69) is 27.6 Å². The van der Waals surface area contributed by atoms with E-state index in [1.165, 1.54) is 0 Å². The average molecular weight is 181 g/mol. The summed E-state index contributed by atoms with van der Waals surface area (Å²) in [7, 11) is 0. The minimum absolute atomic E-state index is 0.187. The second kappa shape index (κ2) is 2.73. The van der Waals surface area contributed by atoms with E-state index in [-0.39, 0.29) is 4.83 Å². The van der Waals surface area contributed by atoms with Gasteiger partial charge in [-0.2, -0.15) is 0 Å². The molecule has 0 amide bonds. The van der Waals surface area contributed by atoms with Crippen molar-refractivity contribution in [3.05, 3.63) is 29.5 Å². The van der Waals surface area contributed by atoms with Crippen molar-refractivity contribution in [1.29, 1.82) is 0 Å². The molecule has 0 radical (unpaired) electrons. The molecule has 0 aliphatic heterocycles. The van der Waals surface area contributed by atoms with Crippen molar-refractivity contribution in [3.63, 3.8) is 0 Å². The third kappa shape index (κ3) is 1.36. The van der Waals surface area contributed by atoms with Gasteiger partial charge < -0.3 is 0 Å². The lowest BCUT2D eigenvalue weighted by atomic mass is 10.1. The van der Waals surface area contributed by atoms with Gasteiger partial charge in [0.25, 0.3) is 0 Å². The molecule has 1 heteroatoms. The number of halogens is 1. The van der Waals surface area contributed by atoms with Gasteiger partial charge in [0, 0.05) is 5.57 Å². The maximum atomic E-state index is 5.18. The number of rotatable bonds is 0. The summed E-state index contributed by atoms with van der Waals surface area (Å²) in [5, 5.41) is 0. The molecule has 0 fully saturated rings. The summed E-state index contributed by atoms with van der Waals surface area (Å²) in [6.07, 6.45) is 10.7. The quantitative estimate of drug-likeness (QED) is 0.304. The van der Waals surface area contributed by atoms with E-state index < -0.39 is 0 Å². The molecule has 1 atom stereocenters. The van der Waals surface area contributed by atoms with Crippen LogP contribution in [-0.4, -0.2) is 4.83 Å². The van der Waals surface area contributed by atoms with Crippen LogP contribution in [0.4, 0.5) is 0 Å². The topological polar surface area (TPSA) is 0 Å². The predicted octanol–water partition coefficient (Wildman–Crippen LogP) is 2.03. The summed E-state index contributed by atoms with van der Waals surface area (Å²) in [5.41, 5.74) is 3.88. The highest BCUT2D eigenvalue weighted by Gasteiger charge is 2.03. The highest BCUT2D eigenvalue weighted by atomic mass is 79.9. The van der Waals surface area contributed by atoms with Crippen LogP contribution in [0.1, 0.15) is 0 Å². The van der Waals surface area contributed by atoms with Crippen molar-refractivity contribution in [2.45, 2.75) is 4.83 Å². The summed E-state index contributed by atoms with van der Waals surface area (Å²) in [6, 6.07) is 0. The predicted molar refractivity (Wildman–Crippen MR) is 42.3 cm³/mol. The third-order valence-electron chi connectivity index (χ3n) is 1.07. The molecule has 0 saturated carbocycles. The van der Waals surface area contributed by atoms with Crippen LogP contribution in [0.5, 0.6) is 0 Å². The van der Waals surface area contributed by atoms with Gasteiger partial charge in [-0.05, 0) is 18.2 Å². The molecular formula is C8H5Br. The molecule has 1 unspecified atom stereocenters. The Morgan fingerprint density at radius 2 is 2.56 bits per heavy atom. The molecule has 0 aromatic carbocycles. The van der Waals surface area contributed by atoms with Gasteiger partial charge >= 0.3 is 0 Å². The summed E-state index contributed by atoms with van der Waals surface area (Å²) < 4.78 is 0. The van der Waals surface area contributed by atoms with Crippen molar-refractivity contribution < 1.29 is 0 Å². The molecular weight excluding hydrogens is 176 g/mol. The fourth-order valence-electron chi connectivity index (χ4n) is 0.587. The lowest BCUT2D eigenvalue weighted by molar-refractivity contribution is 1.35. The Morgan fingerprint density at radius 3 is 3.00 bits per heavy atom. The standard InChI is InChI=1S/C8H5Br/c1-2-7-5-3-4-6-8(7)9/h1,3,5-6,8H. The molecule has 1 aliphatic rings. The lowest BCUT2D eigenvalue weighted by Gasteiger charge is -2.02. The molecule has 0 heterocycles. The van der Waals surface area contributed by atoms with Crippen LogP contribution in [-0.2, 0) is 0 Å². The SMILES string of the molecule is C#CC1=CC=C=CC1Br. The molecule has 0 spiro atoms. The zero-order chi connectivity index (χ0) is 6.69. The lowest BCUT2D eigenvalue weighted by Crippen LogP contribution is -1.96. The Balaban J connectivity index is 2.92. The van der Waals surface area contributed by atoms with Crippen LogP contribution in [0.15, 0.2) is 29.5 Å². The van der Waals surface area contributed by atoms with Gasteiger partial charge in [0.2, 0.25) is 0 Å². The summed E-state index contributed by atoms with van der Waals surface area (Å²) in [5.74, 6) is 2.57. The van der Waals surface area contributed by atoms with Crippen LogP contribution in [0.3, 0.4) is 0 Å². The number of hydrogen-bond acceptors (Lipinski definition) is 0. The molecule has 1 aliphatic carbocycles. The van der Waals surface area contributed by atoms with Gasteiger partial charge in [-0.1, -0.05) is 21.9 Å². The summed E-state index contributed by atoms with van der Waals surface area (Å²) >= 11 is 3.37. The maximum Gasteiger partial charge on any atom is 0.0728 e. The molecule has 1 rings (SSSR count). The van der Waals surface area contributed by atoms with Crippen LogP contribution < -0.4 is 0 Å². The molecule has 0 aromatic rings. The van der Waals surface area contributed by atoms with E-state index in [9.17, 15) is 0 Å². The van der Waals surface area contributed by atoms with Gasteiger partial charge in [0.1, 0.15) is 0 Å². The molecule has 0 bridgehead atoms. The van der Waals surface area contributed by atoms with Crippen molar-refractivity contribution in [3.8, 4) is 12.3 Å². The van der Waals surface area contributed by atoms with E-state index in [0.29, 0.717) is 0 Å². The van der Waals surface area contributed by atoms with Crippen molar-refractivity contribution in [2.75, 3.05) is 0 Å². The molecule has 0 aromatic heterocycles. The van der Waals surface area contributed by atoms with Gasteiger partial charge in [0.15, 0.2) is 0 Å². The number of allylic oxidation sites excluding steroid dienone is 3. The minimum atomic E-state index is 0.187. The number of terminal acetylenes is 1. The van der Waals surface area contributed by atoms with Gasteiger partial charge in [-0.3, -0.25) is 0 Å². The zero-order valence-electron chi connectivity index (χ0n) is 4.76. The Bertz CT molecular complexity index is 234. The first-order chi connectivity index (χ1) is 4.34. The first kappa shape index (κ1) is 6.42. The minimum Gasteiger partial charge on any atom is -0.124 e. The third-order valence-corrected chi connectivity index (χ3v) is 1.82. The van der Waals surface area contributed by atoms with Gasteiger partial charge in [-0.15, -0.1) is 12.2 Å². The van der Waals surface area contributed by atoms with Gasteiger partial charge in [-0.25, -0.2) is 0 Å². The Hall–Kier alpha value is -0.700. The first-order valence-electron chi connectivity index (χ1n) is 2.58. The Labute approximate surface area is 63.1 Å². The van der Waals surface area contributed by atoms with E-state index in [1.807, 2.05) is 18.2 Å². The van der Waals surface area contributed by atoms with Crippen molar-refractivity contribution in [2.24, 2.45) is 0 Å². The smallest absolute Gasteiger partial charge is 0.0728 e. The zero-order valence-corrected chi connectivity index (χ0v) is 6.35. The van der Waals surface area contributed by atoms with E-state index >= 15 is 0 Å². The summed E-state index contributed by atoms with van der Waals surface area (Å²) in [4.78, 5) is 0.187. The first-order valence-corrected chi connectivity index (χ1v) is 3.49. The molecule has 0 N–H and O–H groups in total. The highest BCUT2D eigenvalue weighted by molar-refractivity contribution is 9.09. The Morgan fingerprint density at radius 1 is 1.78 bits per heavy atom. The number of hydrogen-bond donors (Lipinski definition) is 0.